The smallest absolute Gasteiger partial charge is 0.264 e. The molecule has 0 saturated heterocycles. The largest absolute Gasteiger partial charge is 0.493 e. The van der Waals surface area contributed by atoms with E-state index in [9.17, 15) is 12.8 Å². The van der Waals surface area contributed by atoms with Crippen molar-refractivity contribution in [1.82, 2.24) is 0 Å². The van der Waals surface area contributed by atoms with Gasteiger partial charge in [-0.2, -0.15) is 0 Å². The summed E-state index contributed by atoms with van der Waals surface area (Å²) in [5.41, 5.74) is 1.77. The standard InChI is InChI=1S/C23H23ClFNO3S/c1-3-26(30(27,28)20-10-4-7-17(2)15-20)18-8-5-9-19(16-18)29-14-13-21-22(24)11-6-12-23(21)25/h4-12,15-16H,3,13-14H2,1-2H3. The van der Waals surface area contributed by atoms with Crippen molar-refractivity contribution in [3.8, 4) is 5.75 Å². The zero-order chi connectivity index (χ0) is 21.7. The first-order chi connectivity index (χ1) is 14.3. The van der Waals surface area contributed by atoms with Crippen LogP contribution in [0.2, 0.25) is 5.02 Å². The first-order valence-electron chi connectivity index (χ1n) is 9.58. The Hall–Kier alpha value is -2.57. The Morgan fingerprint density at radius 1 is 1.03 bits per heavy atom. The zero-order valence-corrected chi connectivity index (χ0v) is 18.4. The van der Waals surface area contributed by atoms with E-state index in [1.165, 1.54) is 10.4 Å². The van der Waals surface area contributed by atoms with Crippen LogP contribution in [-0.4, -0.2) is 21.6 Å². The predicted molar refractivity (Wildman–Crippen MR) is 118 cm³/mol. The van der Waals surface area contributed by atoms with Gasteiger partial charge in [0, 0.05) is 29.6 Å². The molecule has 0 saturated carbocycles. The highest BCUT2D eigenvalue weighted by Gasteiger charge is 2.24. The number of aryl methyl sites for hydroxylation is 1. The van der Waals surface area contributed by atoms with Crippen molar-refractivity contribution in [2.75, 3.05) is 17.5 Å². The molecular formula is C23H23ClFNO3S. The van der Waals surface area contributed by atoms with Gasteiger partial charge in [0.2, 0.25) is 0 Å². The summed E-state index contributed by atoms with van der Waals surface area (Å²) in [6.45, 7) is 4.11. The molecule has 0 spiro atoms. The number of sulfonamides is 1. The number of anilines is 1. The second kappa shape index (κ2) is 9.49. The van der Waals surface area contributed by atoms with Crippen LogP contribution in [0.1, 0.15) is 18.1 Å². The van der Waals surface area contributed by atoms with Crippen molar-refractivity contribution in [2.45, 2.75) is 25.2 Å². The number of halogens is 2. The van der Waals surface area contributed by atoms with Gasteiger partial charge in [-0.15, -0.1) is 0 Å². The summed E-state index contributed by atoms with van der Waals surface area (Å²) < 4.78 is 47.2. The number of nitrogens with zero attached hydrogens (tertiary/aromatic N) is 1. The highest BCUT2D eigenvalue weighted by atomic mass is 35.5. The third-order valence-electron chi connectivity index (χ3n) is 4.65. The molecule has 4 nitrogen and oxygen atoms in total. The molecular weight excluding hydrogens is 425 g/mol. The molecule has 3 rings (SSSR count). The summed E-state index contributed by atoms with van der Waals surface area (Å²) in [4.78, 5) is 0.241. The van der Waals surface area contributed by atoms with Gasteiger partial charge in [0.15, 0.2) is 0 Å². The summed E-state index contributed by atoms with van der Waals surface area (Å²) in [5, 5.41) is 0.355. The maximum absolute atomic E-state index is 13.9. The maximum atomic E-state index is 13.9. The van der Waals surface area contributed by atoms with Gasteiger partial charge in [-0.3, -0.25) is 4.31 Å². The van der Waals surface area contributed by atoms with E-state index in [1.807, 2.05) is 13.0 Å². The quantitative estimate of drug-likeness (QED) is 0.450. The molecule has 3 aromatic rings. The van der Waals surface area contributed by atoms with Crippen LogP contribution in [0.4, 0.5) is 10.1 Å². The second-order valence-corrected chi connectivity index (χ2v) is 9.05. The Bertz CT molecular complexity index is 1110. The molecule has 0 aromatic heterocycles. The monoisotopic (exact) mass is 447 g/mol. The van der Waals surface area contributed by atoms with Gasteiger partial charge in [0.1, 0.15) is 11.6 Å². The average Bonchev–Trinajstić information content (AvgIpc) is 2.71. The molecule has 0 fully saturated rings. The molecule has 0 radical (unpaired) electrons. The summed E-state index contributed by atoms with van der Waals surface area (Å²) in [6.07, 6.45) is 0.300. The summed E-state index contributed by atoms with van der Waals surface area (Å²) in [6, 6.07) is 18.2. The third-order valence-corrected chi connectivity index (χ3v) is 6.91. The van der Waals surface area contributed by atoms with Crippen molar-refractivity contribution in [2.24, 2.45) is 0 Å². The minimum atomic E-state index is -3.71. The van der Waals surface area contributed by atoms with E-state index in [0.717, 1.165) is 5.56 Å². The highest BCUT2D eigenvalue weighted by molar-refractivity contribution is 7.92. The van der Waals surface area contributed by atoms with Crippen LogP contribution in [-0.2, 0) is 16.4 Å². The Kier molecular flexibility index (Phi) is 7.00. The normalized spacial score (nSPS) is 11.3. The van der Waals surface area contributed by atoms with Crippen molar-refractivity contribution in [1.29, 1.82) is 0 Å². The highest BCUT2D eigenvalue weighted by Crippen LogP contribution is 2.27. The van der Waals surface area contributed by atoms with Crippen molar-refractivity contribution >= 4 is 27.3 Å². The molecule has 0 N–H and O–H groups in total. The van der Waals surface area contributed by atoms with Crippen molar-refractivity contribution < 1.29 is 17.5 Å². The Labute approximate surface area is 181 Å². The van der Waals surface area contributed by atoms with Gasteiger partial charge in [0.05, 0.1) is 17.2 Å². The average molecular weight is 448 g/mol. The van der Waals surface area contributed by atoms with Gasteiger partial charge >= 0.3 is 0 Å². The Balaban J connectivity index is 1.78. The van der Waals surface area contributed by atoms with Gasteiger partial charge in [0.25, 0.3) is 10.0 Å². The molecule has 0 bridgehead atoms. The lowest BCUT2D eigenvalue weighted by Crippen LogP contribution is -2.30. The first kappa shape index (κ1) is 22.1. The van der Waals surface area contributed by atoms with E-state index in [-0.39, 0.29) is 23.9 Å². The summed E-state index contributed by atoms with van der Waals surface area (Å²) in [5.74, 6) is 0.124. The first-order valence-corrected chi connectivity index (χ1v) is 11.4. The van der Waals surface area contributed by atoms with Crippen LogP contribution in [0.5, 0.6) is 5.75 Å². The zero-order valence-electron chi connectivity index (χ0n) is 16.8. The Morgan fingerprint density at radius 2 is 1.77 bits per heavy atom. The summed E-state index contributed by atoms with van der Waals surface area (Å²) >= 11 is 6.05. The lowest BCUT2D eigenvalue weighted by molar-refractivity contribution is 0.320. The fraction of sp³-hybridized carbons (Fsp3) is 0.217. The SMILES string of the molecule is CCN(c1cccc(OCCc2c(F)cccc2Cl)c1)S(=O)(=O)c1cccc(C)c1. The summed E-state index contributed by atoms with van der Waals surface area (Å²) in [7, 11) is -3.71. The number of rotatable bonds is 8. The minimum absolute atomic E-state index is 0.209. The molecule has 30 heavy (non-hydrogen) atoms. The van der Waals surface area contributed by atoms with Crippen LogP contribution >= 0.6 is 11.6 Å². The molecule has 3 aromatic carbocycles. The molecule has 0 aliphatic heterocycles. The predicted octanol–water partition coefficient (Wildman–Crippen LogP) is 5.62. The van der Waals surface area contributed by atoms with E-state index in [0.29, 0.717) is 28.4 Å². The number of hydrogen-bond donors (Lipinski definition) is 0. The maximum Gasteiger partial charge on any atom is 0.264 e. The van der Waals surface area contributed by atoms with E-state index in [1.54, 1.807) is 61.5 Å². The molecule has 0 amide bonds. The lowest BCUT2D eigenvalue weighted by atomic mass is 10.1. The molecule has 7 heteroatoms. The fourth-order valence-electron chi connectivity index (χ4n) is 3.16. The van der Waals surface area contributed by atoms with Crippen LogP contribution in [0.25, 0.3) is 0 Å². The topological polar surface area (TPSA) is 46.6 Å². The van der Waals surface area contributed by atoms with Crippen LogP contribution in [0.15, 0.2) is 71.6 Å². The van der Waals surface area contributed by atoms with Crippen LogP contribution in [0, 0.1) is 12.7 Å². The number of ether oxygens (including phenoxy) is 1. The van der Waals surface area contributed by atoms with Crippen LogP contribution < -0.4 is 9.04 Å². The molecule has 0 heterocycles. The van der Waals surface area contributed by atoms with Crippen molar-refractivity contribution in [3.63, 3.8) is 0 Å². The van der Waals surface area contributed by atoms with Gasteiger partial charge in [-0.25, -0.2) is 12.8 Å². The minimum Gasteiger partial charge on any atom is -0.493 e. The lowest BCUT2D eigenvalue weighted by Gasteiger charge is -2.23. The molecule has 0 unspecified atom stereocenters. The second-order valence-electron chi connectivity index (χ2n) is 6.78. The van der Waals surface area contributed by atoms with E-state index in [2.05, 4.69) is 0 Å². The van der Waals surface area contributed by atoms with E-state index < -0.39 is 10.0 Å². The van der Waals surface area contributed by atoms with E-state index >= 15 is 0 Å². The molecule has 0 aliphatic rings. The Morgan fingerprint density at radius 3 is 2.47 bits per heavy atom. The van der Waals surface area contributed by atoms with Crippen molar-refractivity contribution in [3.05, 3.63) is 88.7 Å². The number of benzene rings is 3. The van der Waals surface area contributed by atoms with E-state index in [4.69, 9.17) is 16.3 Å². The van der Waals surface area contributed by atoms with Gasteiger partial charge in [-0.1, -0.05) is 35.9 Å². The van der Waals surface area contributed by atoms with Crippen LogP contribution in [0.3, 0.4) is 0 Å². The fourth-order valence-corrected chi connectivity index (χ4v) is 4.99. The molecule has 158 valence electrons. The molecule has 0 aliphatic carbocycles. The number of hydrogen-bond acceptors (Lipinski definition) is 3. The third kappa shape index (κ3) is 4.94. The van der Waals surface area contributed by atoms with Gasteiger partial charge < -0.3 is 4.74 Å². The van der Waals surface area contributed by atoms with Gasteiger partial charge in [-0.05, 0) is 55.8 Å². The molecule has 0 atom stereocenters.